The van der Waals surface area contributed by atoms with Crippen LogP contribution in [0.1, 0.15) is 37.4 Å². The van der Waals surface area contributed by atoms with E-state index in [1.165, 1.54) is 18.4 Å². The molecule has 25 heavy (non-hydrogen) atoms. The van der Waals surface area contributed by atoms with Crippen molar-refractivity contribution in [3.63, 3.8) is 0 Å². The average molecular weight is 337 g/mol. The molecular weight excluding hydrogens is 314 g/mol. The minimum Gasteiger partial charge on any atom is -0.495 e. The SMILES string of the molecule is COc1cc(/C=C2\CCC[C@H]3C2=NOC3C)ccc1-n1cnc(C)c1. The van der Waals surface area contributed by atoms with Crippen LogP contribution < -0.4 is 4.74 Å². The van der Waals surface area contributed by atoms with Gasteiger partial charge in [0.25, 0.3) is 0 Å². The van der Waals surface area contributed by atoms with E-state index in [-0.39, 0.29) is 6.10 Å². The summed E-state index contributed by atoms with van der Waals surface area (Å²) in [5.74, 6) is 1.27. The Balaban J connectivity index is 1.67. The molecule has 5 nitrogen and oxygen atoms in total. The summed E-state index contributed by atoms with van der Waals surface area (Å²) < 4.78 is 7.59. The van der Waals surface area contributed by atoms with Gasteiger partial charge in [-0.3, -0.25) is 0 Å². The molecule has 1 aromatic heterocycles. The molecule has 5 heteroatoms. The summed E-state index contributed by atoms with van der Waals surface area (Å²) in [5, 5.41) is 4.33. The lowest BCUT2D eigenvalue weighted by molar-refractivity contribution is 0.0736. The molecule has 0 spiro atoms. The summed E-state index contributed by atoms with van der Waals surface area (Å²) in [6, 6.07) is 6.26. The molecule has 0 amide bonds. The maximum atomic E-state index is 5.61. The average Bonchev–Trinajstić information content (AvgIpc) is 3.22. The van der Waals surface area contributed by atoms with Crippen molar-refractivity contribution in [3.05, 3.63) is 47.6 Å². The fourth-order valence-corrected chi connectivity index (χ4v) is 3.71. The standard InChI is InChI=1S/C20H23N3O2/c1-13-11-23(12-21-13)18-8-7-15(10-19(18)24-3)9-16-5-4-6-17-14(2)25-22-20(16)17/h7-12,14,17H,4-6H2,1-3H3/b16-9+/t14?,17-/m1/s1. The molecule has 0 radical (unpaired) electrons. The Hall–Kier alpha value is -2.56. The molecule has 1 saturated carbocycles. The molecule has 2 aromatic rings. The van der Waals surface area contributed by atoms with Gasteiger partial charge >= 0.3 is 0 Å². The zero-order valence-corrected chi connectivity index (χ0v) is 14.9. The van der Waals surface area contributed by atoms with Crippen molar-refractivity contribution in [2.24, 2.45) is 11.1 Å². The van der Waals surface area contributed by atoms with Gasteiger partial charge in [-0.05, 0) is 62.5 Å². The molecule has 0 saturated heterocycles. The number of rotatable bonds is 3. The van der Waals surface area contributed by atoms with Gasteiger partial charge in [0.05, 0.1) is 30.5 Å². The van der Waals surface area contributed by atoms with E-state index in [1.807, 2.05) is 24.0 Å². The number of methoxy groups -OCH3 is 1. The Morgan fingerprint density at radius 2 is 2.24 bits per heavy atom. The second-order valence-corrected chi connectivity index (χ2v) is 6.81. The normalized spacial score (nSPS) is 24.0. The Morgan fingerprint density at radius 1 is 1.36 bits per heavy atom. The molecule has 1 aliphatic heterocycles. The number of ether oxygens (including phenoxy) is 1. The van der Waals surface area contributed by atoms with Crippen LogP contribution in [-0.2, 0) is 4.84 Å². The molecule has 130 valence electrons. The van der Waals surface area contributed by atoms with Gasteiger partial charge in [0.2, 0.25) is 0 Å². The van der Waals surface area contributed by atoms with Crippen LogP contribution in [0.5, 0.6) is 5.75 Å². The molecule has 4 rings (SSSR count). The largest absolute Gasteiger partial charge is 0.495 e. The fraction of sp³-hybridized carbons (Fsp3) is 0.400. The first-order valence-electron chi connectivity index (χ1n) is 8.79. The van der Waals surface area contributed by atoms with E-state index in [0.717, 1.165) is 34.8 Å². The summed E-state index contributed by atoms with van der Waals surface area (Å²) in [6.45, 7) is 4.09. The first-order valence-corrected chi connectivity index (χ1v) is 8.79. The molecule has 2 atom stereocenters. The van der Waals surface area contributed by atoms with Crippen LogP contribution in [-0.4, -0.2) is 28.5 Å². The van der Waals surface area contributed by atoms with Crippen LogP contribution in [0, 0.1) is 12.8 Å². The quantitative estimate of drug-likeness (QED) is 0.845. The zero-order valence-electron chi connectivity index (χ0n) is 14.9. The molecule has 1 aliphatic carbocycles. The third kappa shape index (κ3) is 2.95. The Bertz CT molecular complexity index is 850. The number of oxime groups is 1. The lowest BCUT2D eigenvalue weighted by Crippen LogP contribution is -2.25. The maximum absolute atomic E-state index is 5.61. The molecule has 1 unspecified atom stereocenters. The molecule has 1 aromatic carbocycles. The van der Waals surface area contributed by atoms with Crippen molar-refractivity contribution in [1.82, 2.24) is 9.55 Å². The fourth-order valence-electron chi connectivity index (χ4n) is 3.71. The molecule has 0 bridgehead atoms. The number of imidazole rings is 1. The van der Waals surface area contributed by atoms with Crippen molar-refractivity contribution in [3.8, 4) is 11.4 Å². The van der Waals surface area contributed by atoms with E-state index < -0.39 is 0 Å². The van der Waals surface area contributed by atoms with Gasteiger partial charge in [-0.25, -0.2) is 4.98 Å². The minimum absolute atomic E-state index is 0.195. The Labute approximate surface area is 148 Å². The van der Waals surface area contributed by atoms with E-state index in [9.17, 15) is 0 Å². The van der Waals surface area contributed by atoms with Crippen LogP contribution in [0.25, 0.3) is 11.8 Å². The smallest absolute Gasteiger partial charge is 0.143 e. The van der Waals surface area contributed by atoms with Crippen molar-refractivity contribution >= 4 is 11.8 Å². The lowest BCUT2D eigenvalue weighted by Gasteiger charge is -2.22. The van der Waals surface area contributed by atoms with Crippen LogP contribution in [0.3, 0.4) is 0 Å². The number of allylic oxidation sites excluding steroid dienone is 1. The predicted octanol–water partition coefficient (Wildman–Crippen LogP) is 4.15. The summed E-state index contributed by atoms with van der Waals surface area (Å²) >= 11 is 0. The van der Waals surface area contributed by atoms with Crippen LogP contribution >= 0.6 is 0 Å². The highest BCUT2D eigenvalue weighted by Crippen LogP contribution is 2.35. The summed E-state index contributed by atoms with van der Waals surface area (Å²) in [4.78, 5) is 9.80. The third-order valence-corrected chi connectivity index (χ3v) is 5.06. The number of fused-ring (bicyclic) bond motifs is 1. The van der Waals surface area contributed by atoms with Gasteiger partial charge in [-0.2, -0.15) is 0 Å². The highest BCUT2D eigenvalue weighted by atomic mass is 16.6. The summed E-state index contributed by atoms with van der Waals surface area (Å²) in [6.07, 6.45) is 9.62. The van der Waals surface area contributed by atoms with E-state index in [2.05, 4.69) is 41.3 Å². The van der Waals surface area contributed by atoms with Gasteiger partial charge in [-0.15, -0.1) is 0 Å². The van der Waals surface area contributed by atoms with Gasteiger partial charge in [-0.1, -0.05) is 11.2 Å². The van der Waals surface area contributed by atoms with Gasteiger partial charge < -0.3 is 14.1 Å². The minimum atomic E-state index is 0.195. The Kier molecular flexibility index (Phi) is 4.07. The van der Waals surface area contributed by atoms with E-state index >= 15 is 0 Å². The molecule has 2 heterocycles. The van der Waals surface area contributed by atoms with E-state index in [4.69, 9.17) is 9.57 Å². The zero-order chi connectivity index (χ0) is 17.4. The maximum Gasteiger partial charge on any atom is 0.143 e. The van der Waals surface area contributed by atoms with Gasteiger partial charge in [0, 0.05) is 12.1 Å². The number of aryl methyl sites for hydroxylation is 1. The second-order valence-electron chi connectivity index (χ2n) is 6.81. The Morgan fingerprint density at radius 3 is 3.00 bits per heavy atom. The van der Waals surface area contributed by atoms with Crippen LogP contribution in [0.15, 0.2) is 41.5 Å². The molecular formula is C20H23N3O2. The van der Waals surface area contributed by atoms with Crippen molar-refractivity contribution < 1.29 is 9.57 Å². The van der Waals surface area contributed by atoms with Crippen molar-refractivity contribution in [2.45, 2.75) is 39.2 Å². The van der Waals surface area contributed by atoms with E-state index in [1.54, 1.807) is 7.11 Å². The molecule has 1 fully saturated rings. The van der Waals surface area contributed by atoms with Crippen molar-refractivity contribution in [2.75, 3.05) is 7.11 Å². The third-order valence-electron chi connectivity index (χ3n) is 5.06. The lowest BCUT2D eigenvalue weighted by atomic mass is 9.80. The summed E-state index contributed by atoms with van der Waals surface area (Å²) in [7, 11) is 1.70. The van der Waals surface area contributed by atoms with Gasteiger partial charge in [0.15, 0.2) is 0 Å². The predicted molar refractivity (Wildman–Crippen MR) is 98.2 cm³/mol. The molecule has 2 aliphatic rings. The number of benzene rings is 1. The van der Waals surface area contributed by atoms with Crippen molar-refractivity contribution in [1.29, 1.82) is 0 Å². The molecule has 0 N–H and O–H groups in total. The number of nitrogens with zero attached hydrogens (tertiary/aromatic N) is 3. The monoisotopic (exact) mass is 337 g/mol. The van der Waals surface area contributed by atoms with Crippen LogP contribution in [0.2, 0.25) is 0 Å². The van der Waals surface area contributed by atoms with Gasteiger partial charge in [0.1, 0.15) is 11.9 Å². The highest BCUT2D eigenvalue weighted by Gasteiger charge is 2.35. The topological polar surface area (TPSA) is 48.6 Å². The second kappa shape index (κ2) is 6.39. The first kappa shape index (κ1) is 15.9. The number of hydrogen-bond donors (Lipinski definition) is 0. The number of hydrogen-bond acceptors (Lipinski definition) is 4. The first-order chi connectivity index (χ1) is 12.2. The summed E-state index contributed by atoms with van der Waals surface area (Å²) in [5.41, 5.74) is 5.51. The highest BCUT2D eigenvalue weighted by molar-refractivity contribution is 6.06. The van der Waals surface area contributed by atoms with E-state index in [0.29, 0.717) is 5.92 Å². The number of aromatic nitrogens is 2. The van der Waals surface area contributed by atoms with Crippen LogP contribution in [0.4, 0.5) is 0 Å².